The minimum atomic E-state index is -1.96. The zero-order chi connectivity index (χ0) is 21.4. The van der Waals surface area contributed by atoms with Crippen LogP contribution >= 0.6 is 0 Å². The summed E-state index contributed by atoms with van der Waals surface area (Å²) < 4.78 is 35.0. The molecule has 8 heteroatoms. The molecule has 1 saturated heterocycles. The summed E-state index contributed by atoms with van der Waals surface area (Å²) in [4.78, 5) is 0. The van der Waals surface area contributed by atoms with Crippen LogP contribution in [0.5, 0.6) is 0 Å². The molecule has 0 bridgehead atoms. The molecule has 1 aliphatic heterocycles. The molecule has 28 heavy (non-hydrogen) atoms. The molecule has 0 aromatic heterocycles. The van der Waals surface area contributed by atoms with Crippen LogP contribution in [0.1, 0.15) is 34.6 Å². The Hall–Kier alpha value is -0.323. The van der Waals surface area contributed by atoms with Gasteiger partial charge in [0.1, 0.15) is 25.1 Å². The first kappa shape index (κ1) is 25.7. The molecule has 0 saturated carbocycles. The van der Waals surface area contributed by atoms with E-state index in [1.54, 1.807) is 13.2 Å². The number of methoxy groups -OCH3 is 1. The van der Waals surface area contributed by atoms with Crippen molar-refractivity contribution in [2.45, 2.75) is 76.8 Å². The largest absolute Gasteiger partial charge is 0.414 e. The van der Waals surface area contributed by atoms with Crippen molar-refractivity contribution in [1.29, 1.82) is 0 Å². The SMILES string of the molecule is COCCOCO[C@H](CO[Si](C)(C)C(C)(C)C)[C@H]1OC(C)(C)O[C@@H]1/C=C/CO. The Labute approximate surface area is 171 Å². The molecule has 0 amide bonds. The van der Waals surface area contributed by atoms with Gasteiger partial charge in [-0.2, -0.15) is 0 Å². The maximum atomic E-state index is 9.14. The number of aliphatic hydroxyl groups excluding tert-OH is 1. The minimum Gasteiger partial charge on any atom is -0.414 e. The third-order valence-corrected chi connectivity index (χ3v) is 9.67. The average molecular weight is 421 g/mol. The zero-order valence-corrected chi connectivity index (χ0v) is 19.8. The predicted molar refractivity (Wildman–Crippen MR) is 111 cm³/mol. The first-order chi connectivity index (χ1) is 12.9. The van der Waals surface area contributed by atoms with Gasteiger partial charge in [0.2, 0.25) is 0 Å². The Balaban J connectivity index is 2.87. The Morgan fingerprint density at radius 2 is 1.86 bits per heavy atom. The number of ether oxygens (including phenoxy) is 5. The highest BCUT2D eigenvalue weighted by Crippen LogP contribution is 2.38. The quantitative estimate of drug-likeness (QED) is 0.225. The molecule has 0 radical (unpaired) electrons. The fourth-order valence-corrected chi connectivity index (χ4v) is 3.54. The summed E-state index contributed by atoms with van der Waals surface area (Å²) in [5.74, 6) is -0.745. The second kappa shape index (κ2) is 11.2. The number of rotatable bonds is 12. The van der Waals surface area contributed by atoms with Crippen LogP contribution in [0.3, 0.4) is 0 Å². The summed E-state index contributed by atoms with van der Waals surface area (Å²) in [6.07, 6.45) is 2.39. The molecule has 3 atom stereocenters. The normalized spacial score (nSPS) is 24.2. The summed E-state index contributed by atoms with van der Waals surface area (Å²) >= 11 is 0. The van der Waals surface area contributed by atoms with Crippen LogP contribution in [-0.2, 0) is 28.1 Å². The van der Waals surface area contributed by atoms with Crippen LogP contribution in [0.2, 0.25) is 18.1 Å². The lowest BCUT2D eigenvalue weighted by Gasteiger charge is -2.38. The highest BCUT2D eigenvalue weighted by Gasteiger charge is 2.46. The van der Waals surface area contributed by atoms with Crippen molar-refractivity contribution in [2.24, 2.45) is 0 Å². The first-order valence-corrected chi connectivity index (χ1v) is 12.8. The third kappa shape index (κ3) is 8.20. The summed E-state index contributed by atoms with van der Waals surface area (Å²) in [5.41, 5.74) is 0. The van der Waals surface area contributed by atoms with E-state index in [9.17, 15) is 0 Å². The van der Waals surface area contributed by atoms with Gasteiger partial charge in [-0.05, 0) is 32.0 Å². The van der Waals surface area contributed by atoms with Gasteiger partial charge < -0.3 is 33.2 Å². The lowest BCUT2D eigenvalue weighted by Crippen LogP contribution is -2.47. The zero-order valence-electron chi connectivity index (χ0n) is 18.8. The molecule has 0 aromatic carbocycles. The standard InChI is InChI=1S/C20H40O7Si/c1-19(2,3)28(7,8)25-14-17(24-15-23-13-12-22-6)18-16(10-9-11-21)26-20(4,5)27-18/h9-10,16-18,21H,11-15H2,1-8H3/b10-9+/t16-,17-,18+/m1/s1. The van der Waals surface area contributed by atoms with E-state index in [1.807, 2.05) is 19.9 Å². The van der Waals surface area contributed by atoms with E-state index in [-0.39, 0.29) is 36.7 Å². The number of hydrogen-bond acceptors (Lipinski definition) is 7. The maximum absolute atomic E-state index is 9.14. The fraction of sp³-hybridized carbons (Fsp3) is 0.900. The molecule has 166 valence electrons. The van der Waals surface area contributed by atoms with E-state index in [0.717, 1.165) is 0 Å². The molecule has 0 aliphatic carbocycles. The second-order valence-corrected chi connectivity index (χ2v) is 13.8. The molecule has 1 aliphatic rings. The Bertz CT molecular complexity index is 474. The van der Waals surface area contributed by atoms with Gasteiger partial charge in [-0.25, -0.2) is 0 Å². The van der Waals surface area contributed by atoms with E-state index in [4.69, 9.17) is 33.2 Å². The molecule has 0 unspecified atom stereocenters. The summed E-state index contributed by atoms with van der Waals surface area (Å²) in [7, 11) is -0.328. The molecule has 7 nitrogen and oxygen atoms in total. The number of aliphatic hydroxyl groups is 1. The van der Waals surface area contributed by atoms with E-state index >= 15 is 0 Å². The Morgan fingerprint density at radius 3 is 2.43 bits per heavy atom. The smallest absolute Gasteiger partial charge is 0.192 e. The highest BCUT2D eigenvalue weighted by molar-refractivity contribution is 6.74. The van der Waals surface area contributed by atoms with Gasteiger partial charge >= 0.3 is 0 Å². The van der Waals surface area contributed by atoms with Gasteiger partial charge in [0.15, 0.2) is 14.1 Å². The van der Waals surface area contributed by atoms with Crippen LogP contribution in [0, 0.1) is 0 Å². The highest BCUT2D eigenvalue weighted by atomic mass is 28.4. The summed E-state index contributed by atoms with van der Waals surface area (Å²) in [5, 5.41) is 9.23. The predicted octanol–water partition coefficient (Wildman–Crippen LogP) is 3.08. The molecule has 0 spiro atoms. The molecular weight excluding hydrogens is 380 g/mol. The van der Waals surface area contributed by atoms with Crippen molar-refractivity contribution in [3.05, 3.63) is 12.2 Å². The fourth-order valence-electron chi connectivity index (χ4n) is 2.53. The lowest BCUT2D eigenvalue weighted by atomic mass is 10.1. The van der Waals surface area contributed by atoms with Gasteiger partial charge in [-0.15, -0.1) is 0 Å². The molecule has 0 aromatic rings. The third-order valence-electron chi connectivity index (χ3n) is 5.17. The van der Waals surface area contributed by atoms with Crippen LogP contribution in [0.4, 0.5) is 0 Å². The molecule has 1 heterocycles. The van der Waals surface area contributed by atoms with Crippen molar-refractivity contribution < 1.29 is 33.2 Å². The maximum Gasteiger partial charge on any atom is 0.192 e. The lowest BCUT2D eigenvalue weighted by molar-refractivity contribution is -0.178. The monoisotopic (exact) mass is 420 g/mol. The van der Waals surface area contributed by atoms with Crippen molar-refractivity contribution in [3.8, 4) is 0 Å². The molecule has 1 rings (SSSR count). The Morgan fingerprint density at radius 1 is 1.18 bits per heavy atom. The van der Waals surface area contributed by atoms with E-state index in [2.05, 4.69) is 33.9 Å². The molecule has 1 N–H and O–H groups in total. The summed E-state index contributed by atoms with van der Waals surface area (Å²) in [6.45, 7) is 16.2. The van der Waals surface area contributed by atoms with E-state index in [0.29, 0.717) is 19.8 Å². The average Bonchev–Trinajstić information content (AvgIpc) is 2.89. The summed E-state index contributed by atoms with van der Waals surface area (Å²) in [6, 6.07) is 0. The van der Waals surface area contributed by atoms with Gasteiger partial charge in [0, 0.05) is 7.11 Å². The van der Waals surface area contributed by atoms with Crippen LogP contribution in [0.25, 0.3) is 0 Å². The first-order valence-electron chi connectivity index (χ1n) is 9.89. The van der Waals surface area contributed by atoms with Crippen LogP contribution < -0.4 is 0 Å². The van der Waals surface area contributed by atoms with Gasteiger partial charge in [0.25, 0.3) is 0 Å². The minimum absolute atomic E-state index is 0.0564. The molecular formula is C20H40O7Si. The van der Waals surface area contributed by atoms with Gasteiger partial charge in [0.05, 0.1) is 26.4 Å². The van der Waals surface area contributed by atoms with Gasteiger partial charge in [-0.3, -0.25) is 0 Å². The van der Waals surface area contributed by atoms with Crippen molar-refractivity contribution >= 4 is 8.32 Å². The van der Waals surface area contributed by atoms with E-state index < -0.39 is 14.1 Å². The van der Waals surface area contributed by atoms with Crippen molar-refractivity contribution in [1.82, 2.24) is 0 Å². The second-order valence-electron chi connectivity index (χ2n) is 8.97. The van der Waals surface area contributed by atoms with Crippen LogP contribution in [-0.4, -0.2) is 77.9 Å². The van der Waals surface area contributed by atoms with E-state index in [1.165, 1.54) is 0 Å². The van der Waals surface area contributed by atoms with Gasteiger partial charge in [-0.1, -0.05) is 32.9 Å². The van der Waals surface area contributed by atoms with Crippen LogP contribution in [0.15, 0.2) is 12.2 Å². The van der Waals surface area contributed by atoms with Crippen molar-refractivity contribution in [2.75, 3.05) is 40.3 Å². The topological polar surface area (TPSA) is 75.6 Å². The molecule has 1 fully saturated rings. The number of hydrogen-bond donors (Lipinski definition) is 1. The Kier molecular flexibility index (Phi) is 10.3. The van der Waals surface area contributed by atoms with Crippen molar-refractivity contribution in [3.63, 3.8) is 0 Å².